The molecule has 0 aromatic heterocycles. The molecule has 0 spiro atoms. The molecule has 3 aromatic rings. The standard InChI is InChI=1S/C28H30N2O4S/c1-17(2)27(31)20-9-7-19(8-10-20)26-23-13-14-34-28(23)24-16-22(11-12-25(24)29-26)35(32,33)30-21-6-4-5-18(3)15-21/h4-12,15-17,23,26,28-30H,13-14H2,1-3H3/t23-,26?,28-/m0/s1. The van der Waals surface area contributed by atoms with E-state index in [0.717, 1.165) is 34.4 Å². The number of Topliss-reactive ketones (excluding diaryl/α,β-unsaturated/α-hetero) is 1. The summed E-state index contributed by atoms with van der Waals surface area (Å²) in [5.74, 6) is 0.254. The largest absolute Gasteiger partial charge is 0.378 e. The summed E-state index contributed by atoms with van der Waals surface area (Å²) in [7, 11) is -3.74. The Labute approximate surface area is 206 Å². The predicted molar refractivity (Wildman–Crippen MR) is 137 cm³/mol. The third-order valence-corrected chi connectivity index (χ3v) is 8.24. The Balaban J connectivity index is 1.44. The molecule has 1 fully saturated rings. The van der Waals surface area contributed by atoms with Gasteiger partial charge in [0, 0.05) is 40.9 Å². The number of benzene rings is 3. The molecular formula is C28H30N2O4S. The average molecular weight is 491 g/mol. The second-order valence-electron chi connectivity index (χ2n) is 9.73. The van der Waals surface area contributed by atoms with Crippen LogP contribution in [0.3, 0.4) is 0 Å². The van der Waals surface area contributed by atoms with Crippen LogP contribution in [0.15, 0.2) is 71.6 Å². The summed E-state index contributed by atoms with van der Waals surface area (Å²) in [5.41, 5.74) is 5.06. The van der Waals surface area contributed by atoms with E-state index in [-0.39, 0.29) is 34.7 Å². The molecule has 2 N–H and O–H groups in total. The molecule has 0 amide bonds. The van der Waals surface area contributed by atoms with Crippen molar-refractivity contribution in [2.45, 2.75) is 44.2 Å². The minimum atomic E-state index is -3.74. The maximum atomic E-state index is 13.1. The van der Waals surface area contributed by atoms with Gasteiger partial charge in [0.05, 0.1) is 17.0 Å². The van der Waals surface area contributed by atoms with Crippen LogP contribution < -0.4 is 10.0 Å². The lowest BCUT2D eigenvalue weighted by Gasteiger charge is -2.36. The smallest absolute Gasteiger partial charge is 0.261 e. The first-order valence-corrected chi connectivity index (χ1v) is 13.5. The minimum Gasteiger partial charge on any atom is -0.378 e. The topological polar surface area (TPSA) is 84.5 Å². The first-order chi connectivity index (χ1) is 16.7. The Kier molecular flexibility index (Phi) is 6.15. The monoisotopic (exact) mass is 490 g/mol. The van der Waals surface area contributed by atoms with Crippen LogP contribution >= 0.6 is 0 Å². The molecule has 3 aromatic carbocycles. The molecule has 2 aliphatic heterocycles. The van der Waals surface area contributed by atoms with Crippen LogP contribution in [0.25, 0.3) is 0 Å². The molecule has 0 radical (unpaired) electrons. The van der Waals surface area contributed by atoms with Crippen molar-refractivity contribution in [2.24, 2.45) is 11.8 Å². The second kappa shape index (κ2) is 9.13. The third-order valence-electron chi connectivity index (χ3n) is 6.87. The normalized spacial score (nSPS) is 21.2. The third kappa shape index (κ3) is 4.58. The lowest BCUT2D eigenvalue weighted by Crippen LogP contribution is -2.29. The van der Waals surface area contributed by atoms with E-state index in [1.54, 1.807) is 24.3 Å². The van der Waals surface area contributed by atoms with Gasteiger partial charge in [0.1, 0.15) is 0 Å². The van der Waals surface area contributed by atoms with Gasteiger partial charge >= 0.3 is 0 Å². The molecule has 3 atom stereocenters. The fraction of sp³-hybridized carbons (Fsp3) is 0.321. The summed E-state index contributed by atoms with van der Waals surface area (Å²) in [5, 5.41) is 3.61. The van der Waals surface area contributed by atoms with Crippen LogP contribution in [0.1, 0.15) is 59.5 Å². The van der Waals surface area contributed by atoms with E-state index in [1.165, 1.54) is 0 Å². The van der Waals surface area contributed by atoms with Gasteiger partial charge in [0.25, 0.3) is 10.0 Å². The number of hydrogen-bond acceptors (Lipinski definition) is 5. The van der Waals surface area contributed by atoms with Gasteiger partial charge in [-0.25, -0.2) is 8.42 Å². The van der Waals surface area contributed by atoms with E-state index in [1.807, 2.05) is 63.2 Å². The van der Waals surface area contributed by atoms with E-state index in [2.05, 4.69) is 10.0 Å². The fourth-order valence-electron chi connectivity index (χ4n) is 5.06. The van der Waals surface area contributed by atoms with Crippen molar-refractivity contribution in [2.75, 3.05) is 16.6 Å². The number of nitrogens with one attached hydrogen (secondary N) is 2. The number of rotatable bonds is 6. The molecule has 0 bridgehead atoms. The van der Waals surface area contributed by atoms with Gasteiger partial charge in [-0.05, 0) is 54.8 Å². The number of sulfonamides is 1. The second-order valence-corrected chi connectivity index (χ2v) is 11.4. The Morgan fingerprint density at radius 1 is 1.06 bits per heavy atom. The predicted octanol–water partition coefficient (Wildman–Crippen LogP) is 5.88. The average Bonchev–Trinajstić information content (AvgIpc) is 3.33. The van der Waals surface area contributed by atoms with Crippen molar-refractivity contribution in [3.05, 3.63) is 89.0 Å². The van der Waals surface area contributed by atoms with Gasteiger partial charge in [-0.3, -0.25) is 9.52 Å². The highest BCUT2D eigenvalue weighted by Gasteiger charge is 2.42. The van der Waals surface area contributed by atoms with Crippen molar-refractivity contribution in [3.63, 3.8) is 0 Å². The highest BCUT2D eigenvalue weighted by Crippen LogP contribution is 2.50. The molecule has 2 heterocycles. The van der Waals surface area contributed by atoms with Gasteiger partial charge in [-0.2, -0.15) is 0 Å². The first-order valence-electron chi connectivity index (χ1n) is 12.0. The summed E-state index contributed by atoms with van der Waals surface area (Å²) in [6.07, 6.45) is 0.676. The number of carbonyl (C=O) groups excluding carboxylic acids is 1. The number of anilines is 2. The molecule has 5 rings (SSSR count). The van der Waals surface area contributed by atoms with Crippen molar-refractivity contribution in [3.8, 4) is 0 Å². The molecule has 2 aliphatic rings. The van der Waals surface area contributed by atoms with Gasteiger partial charge in [0.2, 0.25) is 0 Å². The molecule has 6 nitrogen and oxygen atoms in total. The van der Waals surface area contributed by atoms with Crippen LogP contribution in [-0.2, 0) is 14.8 Å². The molecule has 7 heteroatoms. The van der Waals surface area contributed by atoms with Gasteiger partial charge in [0.15, 0.2) is 5.78 Å². The van der Waals surface area contributed by atoms with Crippen LogP contribution in [-0.4, -0.2) is 20.8 Å². The Morgan fingerprint density at radius 3 is 2.54 bits per heavy atom. The number of hydrogen-bond donors (Lipinski definition) is 2. The molecule has 0 saturated carbocycles. The van der Waals surface area contributed by atoms with E-state index in [4.69, 9.17) is 4.74 Å². The van der Waals surface area contributed by atoms with Crippen LogP contribution in [0.4, 0.5) is 11.4 Å². The zero-order chi connectivity index (χ0) is 24.7. The van der Waals surface area contributed by atoms with Crippen molar-refractivity contribution >= 4 is 27.2 Å². The van der Waals surface area contributed by atoms with Crippen LogP contribution in [0.2, 0.25) is 0 Å². The molecule has 182 valence electrons. The number of ether oxygens (including phenoxy) is 1. The minimum absolute atomic E-state index is 0.0195. The SMILES string of the molecule is Cc1cccc(NS(=O)(=O)c2ccc3c(c2)[C@H]2OCC[C@H]2C(c2ccc(C(=O)C(C)C)cc2)N3)c1. The Bertz CT molecular complexity index is 1370. The molecular weight excluding hydrogens is 460 g/mol. The number of carbonyl (C=O) groups is 1. The van der Waals surface area contributed by atoms with Gasteiger partial charge < -0.3 is 10.1 Å². The highest BCUT2D eigenvalue weighted by atomic mass is 32.2. The lowest BCUT2D eigenvalue weighted by atomic mass is 9.81. The first kappa shape index (κ1) is 23.6. The zero-order valence-electron chi connectivity index (χ0n) is 20.1. The van der Waals surface area contributed by atoms with Crippen LogP contribution in [0.5, 0.6) is 0 Å². The fourth-order valence-corrected chi connectivity index (χ4v) is 6.14. The summed E-state index contributed by atoms with van der Waals surface area (Å²) in [4.78, 5) is 12.5. The lowest BCUT2D eigenvalue weighted by molar-refractivity contribution is 0.0827. The van der Waals surface area contributed by atoms with Gasteiger partial charge in [-0.1, -0.05) is 50.2 Å². The van der Waals surface area contributed by atoms with E-state index in [0.29, 0.717) is 12.3 Å². The van der Waals surface area contributed by atoms with Crippen molar-refractivity contribution in [1.29, 1.82) is 0 Å². The summed E-state index contributed by atoms with van der Waals surface area (Å²) < 4.78 is 35.0. The summed E-state index contributed by atoms with van der Waals surface area (Å²) >= 11 is 0. The number of fused-ring (bicyclic) bond motifs is 3. The summed E-state index contributed by atoms with van der Waals surface area (Å²) in [6.45, 7) is 6.35. The Hall–Kier alpha value is -3.16. The molecule has 1 unspecified atom stereocenters. The maximum Gasteiger partial charge on any atom is 0.261 e. The Morgan fingerprint density at radius 2 is 1.83 bits per heavy atom. The van der Waals surface area contributed by atoms with E-state index in [9.17, 15) is 13.2 Å². The zero-order valence-corrected chi connectivity index (χ0v) is 20.9. The molecule has 0 aliphatic carbocycles. The molecule has 35 heavy (non-hydrogen) atoms. The van der Waals surface area contributed by atoms with Crippen molar-refractivity contribution in [1.82, 2.24) is 0 Å². The summed E-state index contributed by atoms with van der Waals surface area (Å²) in [6, 6.07) is 20.3. The highest BCUT2D eigenvalue weighted by molar-refractivity contribution is 7.92. The van der Waals surface area contributed by atoms with E-state index < -0.39 is 10.0 Å². The maximum absolute atomic E-state index is 13.1. The number of ketones is 1. The molecule has 1 saturated heterocycles. The number of aryl methyl sites for hydroxylation is 1. The van der Waals surface area contributed by atoms with E-state index >= 15 is 0 Å². The van der Waals surface area contributed by atoms with Gasteiger partial charge in [-0.15, -0.1) is 0 Å². The quantitative estimate of drug-likeness (QED) is 0.422. The van der Waals surface area contributed by atoms with Crippen LogP contribution in [0, 0.1) is 18.8 Å². The van der Waals surface area contributed by atoms with Crippen molar-refractivity contribution < 1.29 is 17.9 Å².